The van der Waals surface area contributed by atoms with E-state index in [1.807, 2.05) is 0 Å². The van der Waals surface area contributed by atoms with Crippen LogP contribution in [0.25, 0.3) is 0 Å². The topological polar surface area (TPSA) is 71.1 Å². The van der Waals surface area contributed by atoms with E-state index >= 15 is 0 Å². The standard InChI is InChI=1S/C11H18O6/c1-8(17-9(2)12)11(15-4,16-5)7-6-10(13)14-3/h6-8H,1-5H3/b7-6-. The summed E-state index contributed by atoms with van der Waals surface area (Å²) in [6.45, 7) is 2.87. The number of carbonyl (C=O) groups excluding carboxylic acids is 2. The van der Waals surface area contributed by atoms with Gasteiger partial charge in [-0.05, 0) is 13.0 Å². The van der Waals surface area contributed by atoms with E-state index in [4.69, 9.17) is 14.2 Å². The van der Waals surface area contributed by atoms with Crippen molar-refractivity contribution in [3.63, 3.8) is 0 Å². The van der Waals surface area contributed by atoms with E-state index in [1.165, 1.54) is 34.3 Å². The van der Waals surface area contributed by atoms with Crippen LogP contribution in [0, 0.1) is 0 Å². The smallest absolute Gasteiger partial charge is 0.330 e. The minimum absolute atomic E-state index is 0.470. The lowest BCUT2D eigenvalue weighted by atomic mass is 10.1. The molecule has 0 aliphatic carbocycles. The number of hydrogen-bond donors (Lipinski definition) is 0. The van der Waals surface area contributed by atoms with Crippen LogP contribution in [0.5, 0.6) is 0 Å². The number of rotatable bonds is 6. The predicted molar refractivity (Wildman–Crippen MR) is 59.1 cm³/mol. The molecule has 0 spiro atoms. The van der Waals surface area contributed by atoms with Crippen LogP contribution in [0.1, 0.15) is 13.8 Å². The molecule has 0 aliphatic rings. The van der Waals surface area contributed by atoms with Gasteiger partial charge in [-0.25, -0.2) is 4.79 Å². The van der Waals surface area contributed by atoms with Crippen LogP contribution in [-0.4, -0.2) is 45.2 Å². The highest BCUT2D eigenvalue weighted by atomic mass is 16.7. The fraction of sp³-hybridized carbons (Fsp3) is 0.636. The first-order valence-corrected chi connectivity index (χ1v) is 4.96. The van der Waals surface area contributed by atoms with Crippen molar-refractivity contribution in [3.05, 3.63) is 12.2 Å². The lowest BCUT2D eigenvalue weighted by molar-refractivity contribution is -0.231. The van der Waals surface area contributed by atoms with Gasteiger partial charge >= 0.3 is 11.9 Å². The Morgan fingerprint density at radius 1 is 1.18 bits per heavy atom. The Morgan fingerprint density at radius 2 is 1.71 bits per heavy atom. The highest BCUT2D eigenvalue weighted by Crippen LogP contribution is 2.21. The number of carbonyl (C=O) groups is 2. The Hall–Kier alpha value is -1.40. The van der Waals surface area contributed by atoms with Crippen molar-refractivity contribution in [1.82, 2.24) is 0 Å². The summed E-state index contributed by atoms with van der Waals surface area (Å²) in [5.41, 5.74) is 0. The Labute approximate surface area is 100 Å². The average molecular weight is 246 g/mol. The molecule has 0 radical (unpaired) electrons. The molecule has 17 heavy (non-hydrogen) atoms. The molecule has 0 aromatic carbocycles. The maximum absolute atomic E-state index is 11.0. The van der Waals surface area contributed by atoms with Gasteiger partial charge in [0.15, 0.2) is 6.10 Å². The van der Waals surface area contributed by atoms with E-state index in [1.54, 1.807) is 6.92 Å². The summed E-state index contributed by atoms with van der Waals surface area (Å²) >= 11 is 0. The molecule has 6 nitrogen and oxygen atoms in total. The van der Waals surface area contributed by atoms with Crippen LogP contribution in [0.15, 0.2) is 12.2 Å². The highest BCUT2D eigenvalue weighted by molar-refractivity contribution is 5.81. The molecule has 0 saturated carbocycles. The summed E-state index contributed by atoms with van der Waals surface area (Å²) in [5, 5.41) is 0. The first-order valence-electron chi connectivity index (χ1n) is 4.96. The third-order valence-electron chi connectivity index (χ3n) is 2.20. The van der Waals surface area contributed by atoms with Gasteiger partial charge in [-0.2, -0.15) is 0 Å². The molecule has 0 amide bonds. The minimum atomic E-state index is -1.32. The van der Waals surface area contributed by atoms with E-state index < -0.39 is 23.8 Å². The van der Waals surface area contributed by atoms with Gasteiger partial charge in [0, 0.05) is 27.2 Å². The van der Waals surface area contributed by atoms with E-state index in [9.17, 15) is 9.59 Å². The monoisotopic (exact) mass is 246 g/mol. The Morgan fingerprint density at radius 3 is 2.06 bits per heavy atom. The van der Waals surface area contributed by atoms with Gasteiger partial charge in [-0.3, -0.25) is 4.79 Å². The molecular weight excluding hydrogens is 228 g/mol. The second-order valence-corrected chi connectivity index (χ2v) is 3.24. The van der Waals surface area contributed by atoms with Crippen molar-refractivity contribution in [1.29, 1.82) is 0 Å². The second kappa shape index (κ2) is 7.03. The van der Waals surface area contributed by atoms with Gasteiger partial charge in [-0.1, -0.05) is 0 Å². The summed E-state index contributed by atoms with van der Waals surface area (Å²) < 4.78 is 19.7. The molecule has 1 unspecified atom stereocenters. The molecule has 98 valence electrons. The second-order valence-electron chi connectivity index (χ2n) is 3.24. The molecule has 0 aliphatic heterocycles. The van der Waals surface area contributed by atoms with Crippen molar-refractivity contribution in [2.75, 3.05) is 21.3 Å². The summed E-state index contributed by atoms with van der Waals surface area (Å²) in [5.74, 6) is -2.35. The van der Waals surface area contributed by atoms with Gasteiger partial charge in [0.25, 0.3) is 0 Å². The number of hydrogen-bond acceptors (Lipinski definition) is 6. The van der Waals surface area contributed by atoms with Crippen LogP contribution in [0.4, 0.5) is 0 Å². The minimum Gasteiger partial charge on any atom is -0.466 e. The van der Waals surface area contributed by atoms with Crippen molar-refractivity contribution < 1.29 is 28.5 Å². The third kappa shape index (κ3) is 4.54. The molecule has 1 atom stereocenters. The molecule has 0 rings (SSSR count). The first kappa shape index (κ1) is 15.6. The van der Waals surface area contributed by atoms with E-state index in [0.29, 0.717) is 0 Å². The molecule has 6 heteroatoms. The molecule has 0 fully saturated rings. The quantitative estimate of drug-likeness (QED) is 0.389. The zero-order chi connectivity index (χ0) is 13.5. The molecule has 0 bridgehead atoms. The van der Waals surface area contributed by atoms with Crippen molar-refractivity contribution in [3.8, 4) is 0 Å². The van der Waals surface area contributed by atoms with Crippen molar-refractivity contribution >= 4 is 11.9 Å². The van der Waals surface area contributed by atoms with E-state index in [2.05, 4.69) is 4.74 Å². The van der Waals surface area contributed by atoms with Crippen LogP contribution in [0.2, 0.25) is 0 Å². The Bertz CT molecular complexity index is 292. The normalized spacial score (nSPS) is 13.5. The first-order chi connectivity index (χ1) is 7.91. The summed E-state index contributed by atoms with van der Waals surface area (Å²) in [4.78, 5) is 21.9. The van der Waals surface area contributed by atoms with Crippen molar-refractivity contribution in [2.45, 2.75) is 25.7 Å². The SMILES string of the molecule is COC(=O)/C=C\C(OC)(OC)C(C)OC(C)=O. The molecule has 0 aromatic rings. The van der Waals surface area contributed by atoms with Gasteiger partial charge in [-0.15, -0.1) is 0 Å². The lowest BCUT2D eigenvalue weighted by Gasteiger charge is -2.32. The zero-order valence-electron chi connectivity index (χ0n) is 10.7. The highest BCUT2D eigenvalue weighted by Gasteiger charge is 2.36. The number of methoxy groups -OCH3 is 3. The fourth-order valence-electron chi connectivity index (χ4n) is 1.27. The van der Waals surface area contributed by atoms with Gasteiger partial charge in [0.2, 0.25) is 5.79 Å². The largest absolute Gasteiger partial charge is 0.466 e. The Balaban J connectivity index is 4.94. The fourth-order valence-corrected chi connectivity index (χ4v) is 1.27. The van der Waals surface area contributed by atoms with Crippen LogP contribution < -0.4 is 0 Å². The van der Waals surface area contributed by atoms with Gasteiger partial charge < -0.3 is 18.9 Å². The van der Waals surface area contributed by atoms with Crippen LogP contribution in [0.3, 0.4) is 0 Å². The molecule has 0 saturated heterocycles. The maximum Gasteiger partial charge on any atom is 0.330 e. The van der Waals surface area contributed by atoms with E-state index in [0.717, 1.165) is 6.08 Å². The Kier molecular flexibility index (Phi) is 6.45. The van der Waals surface area contributed by atoms with Crippen LogP contribution >= 0.6 is 0 Å². The number of esters is 2. The summed E-state index contributed by atoms with van der Waals surface area (Å²) in [7, 11) is 4.01. The molecule has 0 N–H and O–H groups in total. The zero-order valence-corrected chi connectivity index (χ0v) is 10.7. The summed E-state index contributed by atoms with van der Waals surface area (Å²) in [6.07, 6.45) is 1.77. The molecule has 0 aromatic heterocycles. The van der Waals surface area contributed by atoms with E-state index in [-0.39, 0.29) is 0 Å². The average Bonchev–Trinajstić information content (AvgIpc) is 2.29. The van der Waals surface area contributed by atoms with Crippen molar-refractivity contribution in [2.24, 2.45) is 0 Å². The van der Waals surface area contributed by atoms with Crippen LogP contribution in [-0.2, 0) is 28.5 Å². The molecular formula is C11H18O6. The summed E-state index contributed by atoms with van der Waals surface area (Å²) in [6, 6.07) is 0. The molecule has 0 heterocycles. The van der Waals surface area contributed by atoms with Gasteiger partial charge in [0.1, 0.15) is 0 Å². The van der Waals surface area contributed by atoms with Gasteiger partial charge in [0.05, 0.1) is 7.11 Å². The maximum atomic E-state index is 11.0. The lowest BCUT2D eigenvalue weighted by Crippen LogP contribution is -2.45. The third-order valence-corrected chi connectivity index (χ3v) is 2.20. The predicted octanol–water partition coefficient (Wildman–Crippen LogP) is 0.656. The number of ether oxygens (including phenoxy) is 4.